The van der Waals surface area contributed by atoms with Crippen molar-refractivity contribution in [1.29, 1.82) is 0 Å². The van der Waals surface area contributed by atoms with Gasteiger partial charge in [0, 0.05) is 12.5 Å². The monoisotopic (exact) mass is 260 g/mol. The molecule has 0 saturated carbocycles. The van der Waals surface area contributed by atoms with Crippen molar-refractivity contribution < 1.29 is 4.74 Å². The minimum absolute atomic E-state index is 0.577. The first-order valence-corrected chi connectivity index (χ1v) is 6.86. The highest BCUT2D eigenvalue weighted by Crippen LogP contribution is 2.18. The molecule has 1 aliphatic rings. The maximum absolute atomic E-state index is 5.20. The summed E-state index contributed by atoms with van der Waals surface area (Å²) in [6, 6.07) is 4.44. The molecular weight excluding hydrogens is 240 g/mol. The number of hydrogen-bond donors (Lipinski definition) is 0. The predicted molar refractivity (Wildman–Crippen MR) is 73.5 cm³/mol. The van der Waals surface area contributed by atoms with Crippen molar-refractivity contribution in [1.82, 2.24) is 19.5 Å². The molecule has 0 amide bonds. The number of methoxy groups -OCH3 is 1. The molecular formula is C14H20N4O. The second-order valence-corrected chi connectivity index (χ2v) is 5.23. The van der Waals surface area contributed by atoms with E-state index >= 15 is 0 Å². The van der Waals surface area contributed by atoms with Gasteiger partial charge in [0.1, 0.15) is 5.75 Å². The molecule has 3 heterocycles. The zero-order valence-electron chi connectivity index (χ0n) is 11.5. The Bertz CT molecular complexity index is 566. The number of fused-ring (bicyclic) bond motifs is 1. The number of likely N-dealkylation sites (N-methyl/N-ethyl adjacent to an activating group) is 1. The molecule has 1 unspecified atom stereocenters. The van der Waals surface area contributed by atoms with Gasteiger partial charge >= 0.3 is 0 Å². The molecule has 0 aliphatic carbocycles. The lowest BCUT2D eigenvalue weighted by Crippen LogP contribution is -2.37. The normalized spacial score (nSPS) is 20.8. The first-order valence-electron chi connectivity index (χ1n) is 6.86. The van der Waals surface area contributed by atoms with Crippen molar-refractivity contribution >= 4 is 5.65 Å². The first-order chi connectivity index (χ1) is 9.26. The Morgan fingerprint density at radius 3 is 3.05 bits per heavy atom. The van der Waals surface area contributed by atoms with Crippen molar-refractivity contribution in [3.63, 3.8) is 0 Å². The Morgan fingerprint density at radius 1 is 1.37 bits per heavy atom. The molecule has 2 aromatic heterocycles. The van der Waals surface area contributed by atoms with E-state index in [1.807, 2.05) is 18.3 Å². The fourth-order valence-electron chi connectivity index (χ4n) is 2.73. The molecule has 0 N–H and O–H groups in total. The Labute approximate surface area is 113 Å². The van der Waals surface area contributed by atoms with Crippen LogP contribution >= 0.6 is 0 Å². The van der Waals surface area contributed by atoms with Gasteiger partial charge in [0.2, 0.25) is 0 Å². The van der Waals surface area contributed by atoms with Gasteiger partial charge in [-0.1, -0.05) is 6.42 Å². The quantitative estimate of drug-likeness (QED) is 0.843. The molecule has 1 atom stereocenters. The van der Waals surface area contributed by atoms with E-state index in [1.54, 1.807) is 11.6 Å². The zero-order chi connectivity index (χ0) is 13.2. The SMILES string of the molecule is COc1ccc2nc(CC3CCCCN3C)nn2c1. The van der Waals surface area contributed by atoms with Gasteiger partial charge in [-0.25, -0.2) is 9.50 Å². The summed E-state index contributed by atoms with van der Waals surface area (Å²) in [6.07, 6.45) is 6.67. The Balaban J connectivity index is 1.81. The van der Waals surface area contributed by atoms with E-state index in [4.69, 9.17) is 4.74 Å². The van der Waals surface area contributed by atoms with Crippen LogP contribution in [0.25, 0.3) is 5.65 Å². The van der Waals surface area contributed by atoms with Crippen molar-refractivity contribution in [2.24, 2.45) is 0 Å². The van der Waals surface area contributed by atoms with Crippen molar-refractivity contribution in [3.05, 3.63) is 24.2 Å². The van der Waals surface area contributed by atoms with Crippen LogP contribution in [0.15, 0.2) is 18.3 Å². The molecule has 0 spiro atoms. The Morgan fingerprint density at radius 2 is 2.26 bits per heavy atom. The number of likely N-dealkylation sites (tertiary alicyclic amines) is 1. The largest absolute Gasteiger partial charge is 0.495 e. The van der Waals surface area contributed by atoms with Crippen LogP contribution in [0.2, 0.25) is 0 Å². The van der Waals surface area contributed by atoms with Crippen LogP contribution in [0.4, 0.5) is 0 Å². The maximum Gasteiger partial charge on any atom is 0.155 e. The topological polar surface area (TPSA) is 42.7 Å². The molecule has 0 bridgehead atoms. The number of aromatic nitrogens is 3. The highest BCUT2D eigenvalue weighted by atomic mass is 16.5. The molecule has 0 radical (unpaired) electrons. The Hall–Kier alpha value is -1.62. The van der Waals surface area contributed by atoms with Gasteiger partial charge in [0.05, 0.1) is 13.3 Å². The Kier molecular flexibility index (Phi) is 3.38. The van der Waals surface area contributed by atoms with E-state index in [0.717, 1.165) is 23.6 Å². The van der Waals surface area contributed by atoms with Crippen LogP contribution < -0.4 is 4.74 Å². The van der Waals surface area contributed by atoms with Crippen LogP contribution in [-0.4, -0.2) is 46.2 Å². The van der Waals surface area contributed by atoms with Crippen LogP contribution in [0.5, 0.6) is 5.75 Å². The zero-order valence-corrected chi connectivity index (χ0v) is 11.5. The number of ether oxygens (including phenoxy) is 1. The van der Waals surface area contributed by atoms with Gasteiger partial charge in [-0.3, -0.25) is 0 Å². The van der Waals surface area contributed by atoms with E-state index in [1.165, 1.54) is 25.8 Å². The average molecular weight is 260 g/mol. The average Bonchev–Trinajstić information content (AvgIpc) is 2.82. The van der Waals surface area contributed by atoms with Crippen molar-refractivity contribution in [2.75, 3.05) is 20.7 Å². The molecule has 1 fully saturated rings. The summed E-state index contributed by atoms with van der Waals surface area (Å²) in [4.78, 5) is 7.01. The molecule has 0 aromatic carbocycles. The van der Waals surface area contributed by atoms with E-state index in [-0.39, 0.29) is 0 Å². The summed E-state index contributed by atoms with van der Waals surface area (Å²) < 4.78 is 7.00. The van der Waals surface area contributed by atoms with E-state index < -0.39 is 0 Å². The molecule has 3 rings (SSSR count). The molecule has 1 aliphatic heterocycles. The van der Waals surface area contributed by atoms with E-state index in [2.05, 4.69) is 22.0 Å². The molecule has 5 heteroatoms. The summed E-state index contributed by atoms with van der Waals surface area (Å²) in [5, 5.41) is 4.55. The summed E-state index contributed by atoms with van der Waals surface area (Å²) >= 11 is 0. The highest BCUT2D eigenvalue weighted by molar-refractivity contribution is 5.40. The lowest BCUT2D eigenvalue weighted by Gasteiger charge is -2.31. The third-order valence-corrected chi connectivity index (χ3v) is 3.92. The standard InChI is InChI=1S/C14H20N4O/c1-17-8-4-3-5-11(17)9-13-15-14-7-6-12(19-2)10-18(14)16-13/h6-7,10-11H,3-5,8-9H2,1-2H3. The third kappa shape index (κ3) is 2.56. The second kappa shape index (κ2) is 5.17. The smallest absolute Gasteiger partial charge is 0.155 e. The lowest BCUT2D eigenvalue weighted by molar-refractivity contribution is 0.182. The summed E-state index contributed by atoms with van der Waals surface area (Å²) in [7, 11) is 3.86. The minimum Gasteiger partial charge on any atom is -0.495 e. The van der Waals surface area contributed by atoms with Gasteiger partial charge in [-0.15, -0.1) is 0 Å². The number of pyridine rings is 1. The molecule has 5 nitrogen and oxygen atoms in total. The van der Waals surface area contributed by atoms with Gasteiger partial charge < -0.3 is 9.64 Å². The number of piperidine rings is 1. The lowest BCUT2D eigenvalue weighted by atomic mass is 10.00. The van der Waals surface area contributed by atoms with Crippen LogP contribution in [0.3, 0.4) is 0 Å². The summed E-state index contributed by atoms with van der Waals surface area (Å²) in [5.74, 6) is 1.73. The van der Waals surface area contributed by atoms with Gasteiger partial charge in [0.15, 0.2) is 11.5 Å². The first kappa shape index (κ1) is 12.4. The van der Waals surface area contributed by atoms with Crippen LogP contribution in [0, 0.1) is 0 Å². The number of hydrogen-bond acceptors (Lipinski definition) is 4. The second-order valence-electron chi connectivity index (χ2n) is 5.23. The fourth-order valence-corrected chi connectivity index (χ4v) is 2.73. The van der Waals surface area contributed by atoms with Gasteiger partial charge in [-0.05, 0) is 38.6 Å². The fraction of sp³-hybridized carbons (Fsp3) is 0.571. The van der Waals surface area contributed by atoms with Crippen molar-refractivity contribution in [3.8, 4) is 5.75 Å². The highest BCUT2D eigenvalue weighted by Gasteiger charge is 2.20. The predicted octanol–water partition coefficient (Wildman–Crippen LogP) is 1.76. The van der Waals surface area contributed by atoms with Crippen LogP contribution in [0.1, 0.15) is 25.1 Å². The van der Waals surface area contributed by atoms with E-state index in [0.29, 0.717) is 6.04 Å². The van der Waals surface area contributed by atoms with Gasteiger partial charge in [0.25, 0.3) is 0 Å². The van der Waals surface area contributed by atoms with Gasteiger partial charge in [-0.2, -0.15) is 5.10 Å². The number of rotatable bonds is 3. The maximum atomic E-state index is 5.20. The molecule has 102 valence electrons. The molecule has 1 saturated heterocycles. The minimum atomic E-state index is 0.577. The summed E-state index contributed by atoms with van der Waals surface area (Å²) in [6.45, 7) is 1.19. The summed E-state index contributed by atoms with van der Waals surface area (Å²) in [5.41, 5.74) is 0.884. The third-order valence-electron chi connectivity index (χ3n) is 3.92. The molecule has 2 aromatic rings. The molecule has 19 heavy (non-hydrogen) atoms. The van der Waals surface area contributed by atoms with Crippen LogP contribution in [-0.2, 0) is 6.42 Å². The number of nitrogens with zero attached hydrogens (tertiary/aromatic N) is 4. The van der Waals surface area contributed by atoms with E-state index in [9.17, 15) is 0 Å². The van der Waals surface area contributed by atoms with Crippen molar-refractivity contribution in [2.45, 2.75) is 31.7 Å².